The topological polar surface area (TPSA) is 75.7 Å². The predicted molar refractivity (Wildman–Crippen MR) is 103 cm³/mol. The molecule has 1 N–H and O–H groups in total. The van der Waals surface area contributed by atoms with E-state index in [0.717, 1.165) is 5.69 Å². The van der Waals surface area contributed by atoms with Gasteiger partial charge in [-0.15, -0.1) is 0 Å². The Morgan fingerprint density at radius 1 is 1.15 bits per heavy atom. The van der Waals surface area contributed by atoms with Crippen LogP contribution in [0.2, 0.25) is 10.0 Å². The first-order chi connectivity index (χ1) is 12.9. The molecule has 140 valence electrons. The molecular formula is C19H16Cl2N2O4. The standard InChI is InChI=1S/C19H16Cl2N2O4/c20-13-6-7-16(15(21)9-13)22-17(24)11-27-19(26)12-8-18(25)23(10-12)14-4-2-1-3-5-14/h1-7,9,12H,8,10-11H2,(H,22,24). The third-order valence-corrected chi connectivity index (χ3v) is 4.62. The number of ether oxygens (including phenoxy) is 1. The zero-order chi connectivity index (χ0) is 19.4. The Bertz CT molecular complexity index is 873. The van der Waals surface area contributed by atoms with Gasteiger partial charge in [-0.3, -0.25) is 14.4 Å². The summed E-state index contributed by atoms with van der Waals surface area (Å²) in [5.74, 6) is -1.87. The highest BCUT2D eigenvalue weighted by Gasteiger charge is 2.36. The van der Waals surface area contributed by atoms with Crippen LogP contribution in [0, 0.1) is 5.92 Å². The normalized spacial score (nSPS) is 16.3. The van der Waals surface area contributed by atoms with Gasteiger partial charge in [0.05, 0.1) is 16.6 Å². The Balaban J connectivity index is 1.52. The predicted octanol–water partition coefficient (Wildman–Crippen LogP) is 3.53. The number of nitrogens with one attached hydrogen (secondary N) is 1. The number of anilines is 2. The van der Waals surface area contributed by atoms with Crippen LogP contribution in [-0.2, 0) is 19.1 Å². The third kappa shape index (κ3) is 4.78. The van der Waals surface area contributed by atoms with Crippen molar-refractivity contribution in [1.82, 2.24) is 0 Å². The lowest BCUT2D eigenvalue weighted by Crippen LogP contribution is -2.28. The Hall–Kier alpha value is -2.57. The second kappa shape index (κ2) is 8.41. The first-order valence-corrected chi connectivity index (χ1v) is 8.96. The highest BCUT2D eigenvalue weighted by Crippen LogP contribution is 2.26. The van der Waals surface area contributed by atoms with Gasteiger partial charge in [0.2, 0.25) is 5.91 Å². The Morgan fingerprint density at radius 3 is 2.59 bits per heavy atom. The Kier molecular flexibility index (Phi) is 5.98. The van der Waals surface area contributed by atoms with Crippen LogP contribution >= 0.6 is 23.2 Å². The summed E-state index contributed by atoms with van der Waals surface area (Å²) in [7, 11) is 0. The van der Waals surface area contributed by atoms with Gasteiger partial charge in [-0.2, -0.15) is 0 Å². The van der Waals surface area contributed by atoms with Gasteiger partial charge in [-0.1, -0.05) is 41.4 Å². The van der Waals surface area contributed by atoms with Gasteiger partial charge in [0.15, 0.2) is 6.61 Å². The van der Waals surface area contributed by atoms with Gasteiger partial charge >= 0.3 is 5.97 Å². The van der Waals surface area contributed by atoms with Gasteiger partial charge in [0, 0.05) is 23.7 Å². The summed E-state index contributed by atoms with van der Waals surface area (Å²) in [4.78, 5) is 37.9. The number of halogens is 2. The quantitative estimate of drug-likeness (QED) is 0.770. The number of nitrogens with zero attached hydrogens (tertiary/aromatic N) is 1. The molecule has 0 radical (unpaired) electrons. The number of carbonyl (C=O) groups excluding carboxylic acids is 3. The Morgan fingerprint density at radius 2 is 1.89 bits per heavy atom. The van der Waals surface area contributed by atoms with Gasteiger partial charge in [0.1, 0.15) is 0 Å². The van der Waals surface area contributed by atoms with Crippen LogP contribution in [0.25, 0.3) is 0 Å². The SMILES string of the molecule is O=C(COC(=O)C1CC(=O)N(c2ccccc2)C1)Nc1ccc(Cl)cc1Cl. The minimum absolute atomic E-state index is 0.0539. The number of carbonyl (C=O) groups is 3. The van der Waals surface area contributed by atoms with Gasteiger partial charge < -0.3 is 15.0 Å². The van der Waals surface area contributed by atoms with E-state index in [2.05, 4.69) is 5.32 Å². The summed E-state index contributed by atoms with van der Waals surface area (Å²) in [6.45, 7) is -0.236. The molecule has 27 heavy (non-hydrogen) atoms. The lowest BCUT2D eigenvalue weighted by molar-refractivity contribution is -0.151. The molecule has 1 aliphatic rings. The third-order valence-electron chi connectivity index (χ3n) is 4.08. The van der Waals surface area contributed by atoms with Crippen LogP contribution in [-0.4, -0.2) is 30.9 Å². The molecule has 0 saturated carbocycles. The summed E-state index contributed by atoms with van der Waals surface area (Å²) in [5, 5.41) is 3.27. The lowest BCUT2D eigenvalue weighted by Gasteiger charge is -2.16. The van der Waals surface area contributed by atoms with Crippen molar-refractivity contribution in [2.75, 3.05) is 23.4 Å². The monoisotopic (exact) mass is 406 g/mol. The van der Waals surface area contributed by atoms with Crippen LogP contribution < -0.4 is 10.2 Å². The summed E-state index contributed by atoms with van der Waals surface area (Å²) >= 11 is 11.8. The lowest BCUT2D eigenvalue weighted by atomic mass is 10.1. The Labute approximate surface area is 166 Å². The van der Waals surface area contributed by atoms with E-state index in [-0.39, 0.29) is 23.9 Å². The number of hydrogen-bond donors (Lipinski definition) is 1. The summed E-state index contributed by atoms with van der Waals surface area (Å²) in [6, 6.07) is 13.7. The van der Waals surface area contributed by atoms with Gasteiger partial charge in [-0.25, -0.2) is 0 Å². The van der Waals surface area contributed by atoms with E-state index >= 15 is 0 Å². The molecule has 0 spiro atoms. The minimum Gasteiger partial charge on any atom is -0.455 e. The van der Waals surface area contributed by atoms with E-state index < -0.39 is 24.4 Å². The molecule has 2 amide bonds. The van der Waals surface area contributed by atoms with E-state index in [4.69, 9.17) is 27.9 Å². The number of esters is 1. The number of hydrogen-bond acceptors (Lipinski definition) is 4. The molecule has 0 bridgehead atoms. The fourth-order valence-electron chi connectivity index (χ4n) is 2.75. The zero-order valence-corrected chi connectivity index (χ0v) is 15.7. The molecule has 0 aliphatic carbocycles. The maximum absolute atomic E-state index is 12.2. The van der Waals surface area contributed by atoms with E-state index in [1.165, 1.54) is 6.07 Å². The smallest absolute Gasteiger partial charge is 0.311 e. The number of rotatable bonds is 5. The van der Waals surface area contributed by atoms with Crippen molar-refractivity contribution in [3.05, 3.63) is 58.6 Å². The van der Waals surface area contributed by atoms with Crippen LogP contribution in [0.15, 0.2) is 48.5 Å². The number of para-hydroxylation sites is 1. The number of benzene rings is 2. The highest BCUT2D eigenvalue weighted by atomic mass is 35.5. The maximum Gasteiger partial charge on any atom is 0.311 e. The molecule has 0 aromatic heterocycles. The maximum atomic E-state index is 12.2. The summed E-state index contributed by atoms with van der Waals surface area (Å²) < 4.78 is 5.06. The van der Waals surface area contributed by atoms with Crippen molar-refractivity contribution in [1.29, 1.82) is 0 Å². The van der Waals surface area contributed by atoms with Crippen LogP contribution in [0.5, 0.6) is 0 Å². The molecule has 1 aliphatic heterocycles. The molecule has 6 nitrogen and oxygen atoms in total. The van der Waals surface area contributed by atoms with E-state index in [0.29, 0.717) is 10.7 Å². The highest BCUT2D eigenvalue weighted by molar-refractivity contribution is 6.36. The molecule has 3 rings (SSSR count). The summed E-state index contributed by atoms with van der Waals surface area (Å²) in [6.07, 6.45) is 0.0539. The van der Waals surface area contributed by atoms with E-state index in [1.807, 2.05) is 18.2 Å². The number of amides is 2. The summed E-state index contributed by atoms with van der Waals surface area (Å²) in [5.41, 5.74) is 1.10. The fourth-order valence-corrected chi connectivity index (χ4v) is 3.21. The van der Waals surface area contributed by atoms with E-state index in [9.17, 15) is 14.4 Å². The molecular weight excluding hydrogens is 391 g/mol. The minimum atomic E-state index is -0.607. The van der Waals surface area contributed by atoms with Crippen LogP contribution in [0.3, 0.4) is 0 Å². The van der Waals surface area contributed by atoms with Crippen molar-refractivity contribution in [2.45, 2.75) is 6.42 Å². The molecule has 1 fully saturated rings. The molecule has 1 atom stereocenters. The zero-order valence-electron chi connectivity index (χ0n) is 14.2. The average Bonchev–Trinajstić information content (AvgIpc) is 3.04. The fraction of sp³-hybridized carbons (Fsp3) is 0.211. The van der Waals surface area contributed by atoms with Crippen LogP contribution in [0.1, 0.15) is 6.42 Å². The van der Waals surface area contributed by atoms with Gasteiger partial charge in [-0.05, 0) is 30.3 Å². The second-order valence-electron chi connectivity index (χ2n) is 6.02. The molecule has 1 heterocycles. The molecule has 2 aromatic carbocycles. The van der Waals surface area contributed by atoms with Crippen molar-refractivity contribution >= 4 is 52.4 Å². The second-order valence-corrected chi connectivity index (χ2v) is 6.86. The van der Waals surface area contributed by atoms with Gasteiger partial charge in [0.25, 0.3) is 5.91 Å². The van der Waals surface area contributed by atoms with E-state index in [1.54, 1.807) is 29.2 Å². The first kappa shape index (κ1) is 19.2. The molecule has 2 aromatic rings. The molecule has 1 saturated heterocycles. The van der Waals surface area contributed by atoms with Crippen LogP contribution in [0.4, 0.5) is 11.4 Å². The van der Waals surface area contributed by atoms with Crippen molar-refractivity contribution in [2.24, 2.45) is 5.92 Å². The van der Waals surface area contributed by atoms with Crippen molar-refractivity contribution in [3.8, 4) is 0 Å². The largest absolute Gasteiger partial charge is 0.455 e. The average molecular weight is 407 g/mol. The van der Waals surface area contributed by atoms with Crippen molar-refractivity contribution in [3.63, 3.8) is 0 Å². The molecule has 1 unspecified atom stereocenters. The first-order valence-electron chi connectivity index (χ1n) is 8.21. The van der Waals surface area contributed by atoms with Crippen molar-refractivity contribution < 1.29 is 19.1 Å². The molecule has 8 heteroatoms.